The van der Waals surface area contributed by atoms with Crippen LogP contribution in [-0.2, 0) is 0 Å². The highest BCUT2D eigenvalue weighted by molar-refractivity contribution is 5.94. The van der Waals surface area contributed by atoms with Gasteiger partial charge >= 0.3 is 0 Å². The average Bonchev–Trinajstić information content (AvgIpc) is 2.48. The Kier molecular flexibility index (Phi) is 4.39. The number of aromatic nitrogens is 2. The lowest BCUT2D eigenvalue weighted by Crippen LogP contribution is -2.21. The summed E-state index contributed by atoms with van der Waals surface area (Å²) in [6.07, 6.45) is 1.36. The minimum atomic E-state index is -0.802. The zero-order chi connectivity index (χ0) is 17.1. The summed E-state index contributed by atoms with van der Waals surface area (Å²) in [7, 11) is 0. The molecule has 1 aromatic carbocycles. The molecule has 0 bridgehead atoms. The molecule has 1 aromatic heterocycles. The van der Waals surface area contributed by atoms with Gasteiger partial charge in [0.15, 0.2) is 5.82 Å². The first-order chi connectivity index (χ1) is 10.8. The van der Waals surface area contributed by atoms with E-state index in [0.717, 1.165) is 6.07 Å². The van der Waals surface area contributed by atoms with Crippen LogP contribution in [0.25, 0.3) is 11.3 Å². The second-order valence-corrected chi connectivity index (χ2v) is 5.16. The number of H-pyrrole nitrogens is 1. The number of nitrogens with one attached hydrogen (secondary N) is 2. The van der Waals surface area contributed by atoms with Crippen LogP contribution >= 0.6 is 0 Å². The first-order valence-corrected chi connectivity index (χ1v) is 6.73. The number of anilines is 1. The largest absolute Gasteiger partial charge is 0.366 e. The number of nitro groups is 1. The van der Waals surface area contributed by atoms with Gasteiger partial charge in [-0.3, -0.25) is 19.7 Å². The van der Waals surface area contributed by atoms with Gasteiger partial charge in [0.1, 0.15) is 0 Å². The van der Waals surface area contributed by atoms with Crippen molar-refractivity contribution in [2.75, 3.05) is 5.32 Å². The second-order valence-electron chi connectivity index (χ2n) is 5.16. The fourth-order valence-electron chi connectivity index (χ4n) is 1.94. The highest BCUT2D eigenvalue weighted by Gasteiger charge is 2.15. The van der Waals surface area contributed by atoms with Crippen LogP contribution in [0.2, 0.25) is 0 Å². The molecule has 23 heavy (non-hydrogen) atoms. The lowest BCUT2D eigenvalue weighted by molar-refractivity contribution is -0.384. The van der Waals surface area contributed by atoms with Gasteiger partial charge in [0.2, 0.25) is 5.91 Å². The van der Waals surface area contributed by atoms with Crippen molar-refractivity contribution in [3.05, 3.63) is 50.4 Å². The molecule has 0 aliphatic heterocycles. The maximum atomic E-state index is 12.0. The molecule has 9 heteroatoms. The fraction of sp³-hybridized carbons (Fsp3) is 0.214. The van der Waals surface area contributed by atoms with Crippen molar-refractivity contribution >= 4 is 17.4 Å². The molecule has 1 amide bonds. The summed E-state index contributed by atoms with van der Waals surface area (Å²) in [5.41, 5.74) is 4.90. The Morgan fingerprint density at radius 1 is 1.39 bits per heavy atom. The van der Waals surface area contributed by atoms with E-state index >= 15 is 0 Å². The molecular formula is C14H15N5O4. The predicted molar refractivity (Wildman–Crippen MR) is 84.2 cm³/mol. The zero-order valence-electron chi connectivity index (χ0n) is 12.5. The number of hydrogen-bond donors (Lipinski definition) is 3. The van der Waals surface area contributed by atoms with Crippen LogP contribution in [0.1, 0.15) is 24.2 Å². The van der Waals surface area contributed by atoms with Gasteiger partial charge in [-0.15, -0.1) is 0 Å². The van der Waals surface area contributed by atoms with E-state index in [1.807, 2.05) is 13.8 Å². The van der Waals surface area contributed by atoms with Gasteiger partial charge < -0.3 is 16.0 Å². The minimum absolute atomic E-state index is 0.0220. The summed E-state index contributed by atoms with van der Waals surface area (Å²) < 4.78 is 0. The molecule has 0 radical (unpaired) electrons. The fourth-order valence-corrected chi connectivity index (χ4v) is 1.94. The molecule has 9 nitrogen and oxygen atoms in total. The second kappa shape index (κ2) is 6.26. The topological polar surface area (TPSA) is 144 Å². The number of rotatable bonds is 5. The van der Waals surface area contributed by atoms with Gasteiger partial charge in [-0.1, -0.05) is 0 Å². The number of non-ortho nitro benzene ring substituents is 1. The molecule has 0 fully saturated rings. The highest BCUT2D eigenvalue weighted by Crippen LogP contribution is 2.24. The Balaban J connectivity index is 2.53. The van der Waals surface area contributed by atoms with E-state index in [1.54, 1.807) is 0 Å². The van der Waals surface area contributed by atoms with Gasteiger partial charge in [-0.2, -0.15) is 0 Å². The van der Waals surface area contributed by atoms with E-state index in [-0.39, 0.29) is 34.4 Å². The Labute approximate surface area is 130 Å². The van der Waals surface area contributed by atoms with E-state index in [9.17, 15) is 19.7 Å². The Hall–Kier alpha value is -3.23. The molecule has 0 unspecified atom stereocenters. The quantitative estimate of drug-likeness (QED) is 0.559. The molecule has 1 heterocycles. The molecule has 4 N–H and O–H groups in total. The molecule has 0 atom stereocenters. The van der Waals surface area contributed by atoms with Gasteiger partial charge in [0.05, 0.1) is 16.8 Å². The summed E-state index contributed by atoms with van der Waals surface area (Å²) in [6.45, 7) is 3.71. The van der Waals surface area contributed by atoms with Crippen LogP contribution in [0, 0.1) is 10.1 Å². The third-order valence-corrected chi connectivity index (χ3v) is 2.94. The molecule has 0 saturated heterocycles. The first kappa shape index (κ1) is 16.1. The zero-order valence-corrected chi connectivity index (χ0v) is 12.5. The Bertz CT molecular complexity index is 796. The van der Waals surface area contributed by atoms with Crippen molar-refractivity contribution in [2.45, 2.75) is 19.9 Å². The minimum Gasteiger partial charge on any atom is -0.366 e. The van der Waals surface area contributed by atoms with Crippen LogP contribution in [-0.4, -0.2) is 26.8 Å². The molecule has 2 aromatic rings. The van der Waals surface area contributed by atoms with E-state index in [0.29, 0.717) is 0 Å². The smallest absolute Gasteiger partial charge is 0.291 e. The molecular weight excluding hydrogens is 302 g/mol. The summed E-state index contributed by atoms with van der Waals surface area (Å²) in [6, 6.07) is 3.69. The average molecular weight is 317 g/mol. The van der Waals surface area contributed by atoms with Gasteiger partial charge in [0.25, 0.3) is 11.2 Å². The van der Waals surface area contributed by atoms with Crippen LogP contribution in [0.4, 0.5) is 11.5 Å². The van der Waals surface area contributed by atoms with E-state index < -0.39 is 16.4 Å². The number of nitrogens with two attached hydrogens (primary N) is 1. The van der Waals surface area contributed by atoms with Gasteiger partial charge in [0, 0.05) is 29.3 Å². The number of nitro benzene ring substituents is 1. The van der Waals surface area contributed by atoms with Crippen molar-refractivity contribution in [1.29, 1.82) is 0 Å². The number of primary amides is 1. The number of nitrogens with zero attached hydrogens (tertiary/aromatic N) is 2. The number of carbonyl (C=O) groups excluding carboxylic acids is 1. The SMILES string of the molecule is CC(C)Nc1ncc(-c2cc(C(N)=O)cc([N+](=O)[O-])c2)[nH]c1=O. The molecule has 2 rings (SSSR count). The molecule has 0 aliphatic carbocycles. The first-order valence-electron chi connectivity index (χ1n) is 6.73. The van der Waals surface area contributed by atoms with Crippen LogP contribution in [0.3, 0.4) is 0 Å². The number of benzene rings is 1. The van der Waals surface area contributed by atoms with E-state index in [2.05, 4.69) is 15.3 Å². The van der Waals surface area contributed by atoms with E-state index in [1.165, 1.54) is 18.3 Å². The van der Waals surface area contributed by atoms with E-state index in [4.69, 9.17) is 5.73 Å². The number of hydrogen-bond acceptors (Lipinski definition) is 6. The monoisotopic (exact) mass is 317 g/mol. The number of aromatic amines is 1. The molecule has 0 aliphatic rings. The lowest BCUT2D eigenvalue weighted by atomic mass is 10.1. The standard InChI is InChI=1S/C14H15N5O4/c1-7(2)17-13-14(21)18-11(6-16-13)8-3-9(12(15)20)5-10(4-8)19(22)23/h3-7H,1-2H3,(H2,15,20)(H,16,17)(H,18,21). The van der Waals surface area contributed by atoms with Crippen molar-refractivity contribution in [1.82, 2.24) is 9.97 Å². The number of carbonyl (C=O) groups is 1. The maximum absolute atomic E-state index is 12.0. The van der Waals surface area contributed by atoms with Gasteiger partial charge in [-0.25, -0.2) is 4.98 Å². The molecule has 120 valence electrons. The Morgan fingerprint density at radius 2 is 2.09 bits per heavy atom. The van der Waals surface area contributed by atoms with Crippen molar-refractivity contribution in [2.24, 2.45) is 5.73 Å². The summed E-state index contributed by atoms with van der Waals surface area (Å²) >= 11 is 0. The summed E-state index contributed by atoms with van der Waals surface area (Å²) in [5.74, 6) is -0.660. The Morgan fingerprint density at radius 3 is 2.61 bits per heavy atom. The molecule has 0 saturated carbocycles. The summed E-state index contributed by atoms with van der Waals surface area (Å²) in [4.78, 5) is 40.2. The summed E-state index contributed by atoms with van der Waals surface area (Å²) in [5, 5.41) is 13.8. The normalized spacial score (nSPS) is 10.6. The van der Waals surface area contributed by atoms with Crippen molar-refractivity contribution in [3.8, 4) is 11.3 Å². The van der Waals surface area contributed by atoms with Crippen LogP contribution < -0.4 is 16.6 Å². The third kappa shape index (κ3) is 3.70. The van der Waals surface area contributed by atoms with Crippen molar-refractivity contribution < 1.29 is 9.72 Å². The highest BCUT2D eigenvalue weighted by atomic mass is 16.6. The maximum Gasteiger partial charge on any atom is 0.291 e. The van der Waals surface area contributed by atoms with Gasteiger partial charge in [-0.05, 0) is 19.9 Å². The predicted octanol–water partition coefficient (Wildman–Crippen LogP) is 1.26. The molecule has 0 spiro atoms. The number of amides is 1. The van der Waals surface area contributed by atoms with Crippen LogP contribution in [0.15, 0.2) is 29.2 Å². The van der Waals surface area contributed by atoms with Crippen molar-refractivity contribution in [3.63, 3.8) is 0 Å². The third-order valence-electron chi connectivity index (χ3n) is 2.94. The lowest BCUT2D eigenvalue weighted by Gasteiger charge is -2.09. The van der Waals surface area contributed by atoms with Crippen LogP contribution in [0.5, 0.6) is 0 Å².